The summed E-state index contributed by atoms with van der Waals surface area (Å²) in [5, 5.41) is 20.6. The van der Waals surface area contributed by atoms with Crippen molar-refractivity contribution in [2.75, 3.05) is 51.0 Å². The molecule has 2 saturated heterocycles. The summed E-state index contributed by atoms with van der Waals surface area (Å²) in [4.78, 5) is 13.7. The molecule has 9 nitrogen and oxygen atoms in total. The van der Waals surface area contributed by atoms with Gasteiger partial charge < -0.3 is 25.2 Å². The molecule has 5 unspecified atom stereocenters. The third kappa shape index (κ3) is 4.14. The van der Waals surface area contributed by atoms with Crippen LogP contribution in [0.25, 0.3) is 0 Å². The Balaban J connectivity index is 1.42. The number of alkyl halides is 1. The third-order valence-corrected chi connectivity index (χ3v) is 9.30. The van der Waals surface area contributed by atoms with Crippen molar-refractivity contribution >= 4 is 11.5 Å². The molecule has 0 radical (unpaired) electrons. The first-order valence-corrected chi connectivity index (χ1v) is 13.9. The van der Waals surface area contributed by atoms with Crippen LogP contribution in [-0.4, -0.2) is 72.1 Å². The number of aliphatic hydroxyl groups is 1. The van der Waals surface area contributed by atoms with Crippen molar-refractivity contribution in [2.45, 2.75) is 74.8 Å². The minimum absolute atomic E-state index is 0.243. The fraction of sp³-hybridized carbons (Fsp3) is 0.621. The van der Waals surface area contributed by atoms with E-state index in [1.54, 1.807) is 6.07 Å². The van der Waals surface area contributed by atoms with Gasteiger partial charge in [0.1, 0.15) is 36.4 Å². The van der Waals surface area contributed by atoms with Gasteiger partial charge in [0.05, 0.1) is 23.4 Å². The van der Waals surface area contributed by atoms with Crippen LogP contribution in [0.2, 0.25) is 0 Å². The molecule has 10 heteroatoms. The number of benzene rings is 1. The van der Waals surface area contributed by atoms with Crippen LogP contribution in [0.15, 0.2) is 12.1 Å². The summed E-state index contributed by atoms with van der Waals surface area (Å²) < 4.78 is 27.3. The minimum Gasteiger partial charge on any atom is -0.461 e. The van der Waals surface area contributed by atoms with Crippen molar-refractivity contribution in [3.05, 3.63) is 40.1 Å². The summed E-state index contributed by atoms with van der Waals surface area (Å²) in [7, 11) is 3.78. The number of nitrogen functional groups attached to an aromatic ring is 1. The summed E-state index contributed by atoms with van der Waals surface area (Å²) in [5.74, 6) is 0.869. The maximum absolute atomic E-state index is 14.3. The second-order valence-electron chi connectivity index (χ2n) is 12.0. The van der Waals surface area contributed by atoms with E-state index in [2.05, 4.69) is 17.9 Å². The molecule has 208 valence electrons. The van der Waals surface area contributed by atoms with Crippen molar-refractivity contribution in [3.63, 3.8) is 0 Å². The fourth-order valence-electron chi connectivity index (χ4n) is 7.45. The molecule has 0 saturated carbocycles. The summed E-state index contributed by atoms with van der Waals surface area (Å²) in [6.45, 7) is 3.57. The normalized spacial score (nSPS) is 31.4. The van der Waals surface area contributed by atoms with Crippen LogP contribution < -0.4 is 15.4 Å². The van der Waals surface area contributed by atoms with Crippen molar-refractivity contribution in [3.8, 4) is 12.1 Å². The average Bonchev–Trinajstić information content (AvgIpc) is 3.44. The topological polar surface area (TPSA) is 121 Å². The molecule has 0 amide bonds. The lowest BCUT2D eigenvalue weighted by Crippen LogP contribution is -2.45. The monoisotopic (exact) mass is 536 g/mol. The van der Waals surface area contributed by atoms with Crippen molar-refractivity contribution in [1.29, 1.82) is 5.26 Å². The van der Waals surface area contributed by atoms with Crippen LogP contribution in [0.3, 0.4) is 0 Å². The van der Waals surface area contributed by atoms with Gasteiger partial charge in [-0.15, -0.1) is 0 Å². The number of rotatable bonds is 5. The second-order valence-corrected chi connectivity index (χ2v) is 12.0. The van der Waals surface area contributed by atoms with Crippen molar-refractivity contribution in [2.24, 2.45) is 0 Å². The first kappa shape index (κ1) is 26.2. The average molecular weight is 537 g/mol. The molecule has 1 aliphatic carbocycles. The van der Waals surface area contributed by atoms with Gasteiger partial charge in [-0.25, -0.2) is 4.39 Å². The Morgan fingerprint density at radius 3 is 2.90 bits per heavy atom. The second kappa shape index (κ2) is 9.58. The van der Waals surface area contributed by atoms with Crippen LogP contribution >= 0.6 is 0 Å². The predicted octanol–water partition coefficient (Wildman–Crippen LogP) is 3.35. The van der Waals surface area contributed by atoms with E-state index in [4.69, 9.17) is 25.2 Å². The number of hydrogen-bond acceptors (Lipinski definition) is 9. The van der Waals surface area contributed by atoms with E-state index in [1.807, 2.05) is 25.1 Å². The Hall–Kier alpha value is -3.00. The van der Waals surface area contributed by atoms with E-state index in [0.717, 1.165) is 48.2 Å². The predicted molar refractivity (Wildman–Crippen MR) is 144 cm³/mol. The highest BCUT2D eigenvalue weighted by Crippen LogP contribution is 2.53. The molecule has 2 aromatic rings. The molecular weight excluding hydrogens is 499 g/mol. The summed E-state index contributed by atoms with van der Waals surface area (Å²) in [6, 6.07) is 6.35. The van der Waals surface area contributed by atoms with Crippen molar-refractivity contribution in [1.82, 2.24) is 14.9 Å². The number of nitriles is 1. The number of nitrogens with zero attached hydrogens (tertiary/aromatic N) is 5. The molecule has 0 bridgehead atoms. The first-order chi connectivity index (χ1) is 18.7. The molecule has 1 spiro atoms. The maximum atomic E-state index is 14.3. The van der Waals surface area contributed by atoms with Gasteiger partial charge in [0.15, 0.2) is 0 Å². The molecule has 4 aliphatic rings. The summed E-state index contributed by atoms with van der Waals surface area (Å²) in [6.07, 6.45) is 2.82. The number of hydrogen-bond donors (Lipinski definition) is 2. The SMILES string of the molecule is CC1CCC2(Cc3nc(OCC45CCCN4CC(F)C5)nc(N(C)C)c3C(CO)O2)c2c1ccc(N)c2C#N. The Labute approximate surface area is 228 Å². The lowest BCUT2D eigenvalue weighted by atomic mass is 9.69. The Morgan fingerprint density at radius 2 is 2.15 bits per heavy atom. The maximum Gasteiger partial charge on any atom is 0.318 e. The van der Waals surface area contributed by atoms with E-state index in [1.165, 1.54) is 0 Å². The van der Waals surface area contributed by atoms with Gasteiger partial charge in [-0.2, -0.15) is 15.2 Å². The van der Waals surface area contributed by atoms with Crippen LogP contribution in [0, 0.1) is 11.3 Å². The zero-order valence-electron chi connectivity index (χ0n) is 22.9. The zero-order chi connectivity index (χ0) is 27.5. The summed E-state index contributed by atoms with van der Waals surface area (Å²) in [5.41, 5.74) is 9.28. The highest BCUT2D eigenvalue weighted by atomic mass is 19.1. The van der Waals surface area contributed by atoms with Gasteiger partial charge in [0.25, 0.3) is 0 Å². The lowest BCUT2D eigenvalue weighted by molar-refractivity contribution is -0.139. The molecule has 3 N–H and O–H groups in total. The quantitative estimate of drug-likeness (QED) is 0.554. The highest BCUT2D eigenvalue weighted by Gasteiger charge is 2.51. The Kier molecular flexibility index (Phi) is 6.44. The standard InChI is InChI=1S/C29H37FN6O3/c1-17-7-9-29(25-19(17)5-6-21(32)20(25)13-31)12-22-24(23(15-37)39-29)26(35(2)3)34-27(33-22)38-16-28-8-4-10-36(28)14-18(30)11-28/h5-6,17-18,23,37H,4,7-12,14-16,32H2,1-3H3. The molecule has 5 atom stereocenters. The van der Waals surface area contributed by atoms with Crippen LogP contribution in [-0.2, 0) is 16.8 Å². The number of ether oxygens (including phenoxy) is 2. The molecular formula is C29H37FN6O3. The molecule has 3 aliphatic heterocycles. The molecule has 4 heterocycles. The van der Waals surface area contributed by atoms with Gasteiger partial charge in [-0.05, 0) is 49.8 Å². The zero-order valence-corrected chi connectivity index (χ0v) is 22.9. The van der Waals surface area contributed by atoms with Crippen molar-refractivity contribution < 1.29 is 19.0 Å². The molecule has 1 aromatic heterocycles. The van der Waals surface area contributed by atoms with Gasteiger partial charge in [-0.1, -0.05) is 13.0 Å². The van der Waals surface area contributed by atoms with Crippen LogP contribution in [0.1, 0.15) is 79.0 Å². The van der Waals surface area contributed by atoms with Gasteiger partial charge >= 0.3 is 6.01 Å². The highest BCUT2D eigenvalue weighted by molar-refractivity contribution is 5.64. The van der Waals surface area contributed by atoms with E-state index in [-0.39, 0.29) is 24.1 Å². The first-order valence-electron chi connectivity index (χ1n) is 13.9. The van der Waals surface area contributed by atoms with E-state index >= 15 is 0 Å². The van der Waals surface area contributed by atoms with Gasteiger partial charge in [0, 0.05) is 50.3 Å². The molecule has 6 rings (SSSR count). The smallest absolute Gasteiger partial charge is 0.318 e. The largest absolute Gasteiger partial charge is 0.461 e. The molecule has 39 heavy (non-hydrogen) atoms. The molecule has 1 aromatic carbocycles. The van der Waals surface area contributed by atoms with Crippen LogP contribution in [0.4, 0.5) is 15.9 Å². The fourth-order valence-corrected chi connectivity index (χ4v) is 7.45. The number of fused-ring (bicyclic) bond motifs is 4. The third-order valence-electron chi connectivity index (χ3n) is 9.30. The Bertz CT molecular complexity index is 1330. The number of nitrogens with two attached hydrogens (primary N) is 1. The lowest BCUT2D eigenvalue weighted by Gasteiger charge is -2.47. The van der Waals surface area contributed by atoms with Gasteiger partial charge in [0.2, 0.25) is 0 Å². The number of anilines is 2. The Morgan fingerprint density at radius 1 is 1.33 bits per heavy atom. The summed E-state index contributed by atoms with van der Waals surface area (Å²) >= 11 is 0. The van der Waals surface area contributed by atoms with Gasteiger partial charge in [-0.3, -0.25) is 4.90 Å². The number of halogens is 1. The van der Waals surface area contributed by atoms with E-state index in [0.29, 0.717) is 49.5 Å². The number of aromatic nitrogens is 2. The van der Waals surface area contributed by atoms with E-state index < -0.39 is 17.9 Å². The number of aliphatic hydroxyl groups excluding tert-OH is 1. The van der Waals surface area contributed by atoms with E-state index in [9.17, 15) is 14.8 Å². The molecule has 2 fully saturated rings. The minimum atomic E-state index is -0.855. The van der Waals surface area contributed by atoms with Crippen LogP contribution in [0.5, 0.6) is 6.01 Å².